The number of hydrogen-bond donors (Lipinski definition) is 2. The Hall–Kier alpha value is -2.38. The van der Waals surface area contributed by atoms with Crippen molar-refractivity contribution in [1.29, 1.82) is 0 Å². The van der Waals surface area contributed by atoms with Crippen LogP contribution in [-0.4, -0.2) is 63.5 Å². The second kappa shape index (κ2) is 11.3. The molecule has 1 aromatic carbocycles. The van der Waals surface area contributed by atoms with Crippen LogP contribution in [0.2, 0.25) is 0 Å². The van der Waals surface area contributed by atoms with Crippen LogP contribution in [0.15, 0.2) is 45.9 Å². The van der Waals surface area contributed by atoms with Gasteiger partial charge in [-0.1, -0.05) is 35.5 Å². The third-order valence-corrected chi connectivity index (χ3v) is 3.95. The van der Waals surface area contributed by atoms with Gasteiger partial charge in [0.25, 0.3) is 0 Å². The first-order chi connectivity index (χ1) is 12.7. The van der Waals surface area contributed by atoms with Crippen molar-refractivity contribution in [2.45, 2.75) is 13.0 Å². The van der Waals surface area contributed by atoms with Crippen LogP contribution in [0.4, 0.5) is 0 Å². The summed E-state index contributed by atoms with van der Waals surface area (Å²) in [7, 11) is 5.60. The van der Waals surface area contributed by atoms with Crippen LogP contribution in [0.3, 0.4) is 0 Å². The van der Waals surface area contributed by atoms with Gasteiger partial charge in [0.2, 0.25) is 0 Å². The Morgan fingerprint density at radius 3 is 2.77 bits per heavy atom. The molecule has 0 spiro atoms. The molecule has 1 heterocycles. The maximum absolute atomic E-state index is 5.41. The third-order valence-electron chi connectivity index (χ3n) is 3.95. The van der Waals surface area contributed by atoms with Gasteiger partial charge in [-0.3, -0.25) is 4.99 Å². The molecule has 7 nitrogen and oxygen atoms in total. The molecule has 26 heavy (non-hydrogen) atoms. The second-order valence-corrected chi connectivity index (χ2v) is 6.05. The number of guanidine groups is 1. The first kappa shape index (κ1) is 19.9. The zero-order chi connectivity index (χ0) is 18.6. The minimum atomic E-state index is 0.555. The molecule has 0 radical (unpaired) electrons. The molecule has 2 aromatic rings. The maximum Gasteiger partial charge on any atom is 0.191 e. The van der Waals surface area contributed by atoms with E-state index in [2.05, 4.69) is 32.7 Å². The van der Waals surface area contributed by atoms with Gasteiger partial charge in [0.05, 0.1) is 6.54 Å². The molecule has 2 rings (SSSR count). The van der Waals surface area contributed by atoms with Crippen molar-refractivity contribution in [1.82, 2.24) is 20.7 Å². The summed E-state index contributed by atoms with van der Waals surface area (Å²) in [5.41, 5.74) is 1.86. The standard InChI is InChI=1S/C19H29N5O2/c1-20-19(21-10-12-24(2)11-7-13-25-3)22-15-17-14-18(26-23-17)16-8-5-4-6-9-16/h4-6,8-9,14H,7,10-13,15H2,1-3H3,(H2,20,21,22). The lowest BCUT2D eigenvalue weighted by molar-refractivity contribution is 0.180. The van der Waals surface area contributed by atoms with Crippen LogP contribution >= 0.6 is 0 Å². The predicted molar refractivity (Wildman–Crippen MR) is 104 cm³/mol. The van der Waals surface area contributed by atoms with Gasteiger partial charge in [0.1, 0.15) is 5.69 Å². The molecule has 2 N–H and O–H groups in total. The summed E-state index contributed by atoms with van der Waals surface area (Å²) in [6, 6.07) is 11.9. The number of likely N-dealkylation sites (N-methyl/N-ethyl adjacent to an activating group) is 1. The molecule has 0 unspecified atom stereocenters. The van der Waals surface area contributed by atoms with E-state index in [1.54, 1.807) is 14.2 Å². The van der Waals surface area contributed by atoms with E-state index in [-0.39, 0.29) is 0 Å². The monoisotopic (exact) mass is 359 g/mol. The smallest absolute Gasteiger partial charge is 0.191 e. The number of rotatable bonds is 10. The molecule has 0 bridgehead atoms. The zero-order valence-electron chi connectivity index (χ0n) is 15.9. The summed E-state index contributed by atoms with van der Waals surface area (Å²) in [6.07, 6.45) is 1.04. The highest BCUT2D eigenvalue weighted by Gasteiger charge is 2.07. The van der Waals surface area contributed by atoms with Crippen LogP contribution in [-0.2, 0) is 11.3 Å². The molecule has 0 saturated carbocycles. The Kier molecular flexibility index (Phi) is 8.65. The van der Waals surface area contributed by atoms with E-state index >= 15 is 0 Å². The largest absolute Gasteiger partial charge is 0.385 e. The fourth-order valence-corrected chi connectivity index (χ4v) is 2.48. The number of aromatic nitrogens is 1. The Morgan fingerprint density at radius 2 is 2.04 bits per heavy atom. The van der Waals surface area contributed by atoms with E-state index in [1.165, 1.54) is 0 Å². The fourth-order valence-electron chi connectivity index (χ4n) is 2.48. The second-order valence-electron chi connectivity index (χ2n) is 6.05. The molecule has 0 atom stereocenters. The lowest BCUT2D eigenvalue weighted by atomic mass is 10.2. The summed E-state index contributed by atoms with van der Waals surface area (Å²) >= 11 is 0. The van der Waals surface area contributed by atoms with E-state index in [0.717, 1.165) is 55.6 Å². The Morgan fingerprint density at radius 1 is 1.23 bits per heavy atom. The number of aliphatic imine (C=N–C) groups is 1. The average Bonchev–Trinajstić information content (AvgIpc) is 3.14. The molecule has 142 valence electrons. The highest BCUT2D eigenvalue weighted by atomic mass is 16.5. The van der Waals surface area contributed by atoms with Gasteiger partial charge in [-0.15, -0.1) is 0 Å². The summed E-state index contributed by atoms with van der Waals surface area (Å²) < 4.78 is 10.5. The van der Waals surface area contributed by atoms with Crippen molar-refractivity contribution in [3.63, 3.8) is 0 Å². The van der Waals surface area contributed by atoms with Crippen LogP contribution < -0.4 is 10.6 Å². The van der Waals surface area contributed by atoms with Gasteiger partial charge >= 0.3 is 0 Å². The number of hydrogen-bond acceptors (Lipinski definition) is 5. The van der Waals surface area contributed by atoms with Gasteiger partial charge in [0.15, 0.2) is 11.7 Å². The van der Waals surface area contributed by atoms with E-state index in [4.69, 9.17) is 9.26 Å². The first-order valence-electron chi connectivity index (χ1n) is 8.86. The topological polar surface area (TPSA) is 74.9 Å². The minimum Gasteiger partial charge on any atom is -0.385 e. The van der Waals surface area contributed by atoms with E-state index < -0.39 is 0 Å². The van der Waals surface area contributed by atoms with Crippen molar-refractivity contribution >= 4 is 5.96 Å². The van der Waals surface area contributed by atoms with Crippen LogP contribution in [0.5, 0.6) is 0 Å². The van der Waals surface area contributed by atoms with Gasteiger partial charge < -0.3 is 24.8 Å². The molecule has 0 saturated heterocycles. The first-order valence-corrected chi connectivity index (χ1v) is 8.86. The van der Waals surface area contributed by atoms with Crippen molar-refractivity contribution in [2.75, 3.05) is 47.4 Å². The highest BCUT2D eigenvalue weighted by Crippen LogP contribution is 2.19. The summed E-state index contributed by atoms with van der Waals surface area (Å²) in [6.45, 7) is 4.12. The lowest BCUT2D eigenvalue weighted by Crippen LogP contribution is -2.40. The van der Waals surface area contributed by atoms with E-state index in [1.807, 2.05) is 36.4 Å². The quantitative estimate of drug-likeness (QED) is 0.384. The molecule has 0 aliphatic heterocycles. The van der Waals surface area contributed by atoms with Crippen molar-refractivity contribution in [2.24, 2.45) is 4.99 Å². The van der Waals surface area contributed by atoms with Crippen LogP contribution in [0.1, 0.15) is 12.1 Å². The molecule has 0 aliphatic carbocycles. The predicted octanol–water partition coefficient (Wildman–Crippen LogP) is 1.97. The number of benzene rings is 1. The number of nitrogens with zero attached hydrogens (tertiary/aromatic N) is 3. The molecule has 0 fully saturated rings. The summed E-state index contributed by atoms with van der Waals surface area (Å²) in [5, 5.41) is 10.7. The molecular formula is C19H29N5O2. The molecule has 7 heteroatoms. The van der Waals surface area contributed by atoms with Gasteiger partial charge in [0, 0.05) is 52.0 Å². The van der Waals surface area contributed by atoms with Crippen molar-refractivity contribution in [3.8, 4) is 11.3 Å². The van der Waals surface area contributed by atoms with Gasteiger partial charge in [-0.2, -0.15) is 0 Å². The molecule has 0 aliphatic rings. The highest BCUT2D eigenvalue weighted by molar-refractivity contribution is 5.79. The minimum absolute atomic E-state index is 0.555. The Bertz CT molecular complexity index is 657. The number of ether oxygens (including phenoxy) is 1. The fraction of sp³-hybridized carbons (Fsp3) is 0.474. The van der Waals surface area contributed by atoms with Crippen LogP contribution in [0, 0.1) is 0 Å². The molecule has 1 aromatic heterocycles. The van der Waals surface area contributed by atoms with Crippen molar-refractivity contribution < 1.29 is 9.26 Å². The Balaban J connectivity index is 1.71. The summed E-state index contributed by atoms with van der Waals surface area (Å²) in [4.78, 5) is 6.50. The van der Waals surface area contributed by atoms with E-state index in [0.29, 0.717) is 6.54 Å². The average molecular weight is 359 g/mol. The number of nitrogens with one attached hydrogen (secondary N) is 2. The molecule has 0 amide bonds. The normalized spacial score (nSPS) is 11.8. The van der Waals surface area contributed by atoms with Gasteiger partial charge in [-0.25, -0.2) is 0 Å². The zero-order valence-corrected chi connectivity index (χ0v) is 15.9. The van der Waals surface area contributed by atoms with E-state index in [9.17, 15) is 0 Å². The van der Waals surface area contributed by atoms with Gasteiger partial charge in [-0.05, 0) is 13.5 Å². The summed E-state index contributed by atoms with van der Waals surface area (Å²) in [5.74, 6) is 1.52. The molecular weight excluding hydrogens is 330 g/mol. The maximum atomic E-state index is 5.41. The number of methoxy groups -OCH3 is 1. The lowest BCUT2D eigenvalue weighted by Gasteiger charge is -2.17. The third kappa shape index (κ3) is 6.85. The van der Waals surface area contributed by atoms with Crippen molar-refractivity contribution in [3.05, 3.63) is 42.1 Å². The Labute approximate surface area is 155 Å². The SMILES string of the molecule is CN=C(NCCN(C)CCCOC)NCc1cc(-c2ccccc2)on1. The van der Waals surface area contributed by atoms with Crippen LogP contribution in [0.25, 0.3) is 11.3 Å².